The van der Waals surface area contributed by atoms with Gasteiger partial charge in [0.25, 0.3) is 5.91 Å². The summed E-state index contributed by atoms with van der Waals surface area (Å²) in [6.07, 6.45) is 3.03. The van der Waals surface area contributed by atoms with Crippen molar-refractivity contribution in [2.24, 2.45) is 0 Å². The highest BCUT2D eigenvalue weighted by Crippen LogP contribution is 2.41. The average molecular weight is 507 g/mol. The lowest BCUT2D eigenvalue weighted by Gasteiger charge is -2.28. The summed E-state index contributed by atoms with van der Waals surface area (Å²) in [5.41, 5.74) is 2.75. The first-order valence-corrected chi connectivity index (χ1v) is 11.9. The molecule has 5 rings (SSSR count). The van der Waals surface area contributed by atoms with Crippen LogP contribution in [-0.4, -0.2) is 22.0 Å². The molecule has 2 aromatic heterocycles. The maximum absolute atomic E-state index is 13.9. The van der Waals surface area contributed by atoms with Crippen molar-refractivity contribution in [2.45, 2.75) is 11.8 Å². The molecule has 0 aliphatic heterocycles. The number of nitrogens with one attached hydrogen (secondary N) is 2. The first-order valence-electron chi connectivity index (χ1n) is 11.9. The minimum absolute atomic E-state index is 0.174. The molecular formula is C30H23FN4O3. The van der Waals surface area contributed by atoms with Crippen molar-refractivity contribution in [3.63, 3.8) is 0 Å². The van der Waals surface area contributed by atoms with Crippen LogP contribution < -0.4 is 10.6 Å². The number of hydrogen-bond donors (Lipinski definition) is 2. The van der Waals surface area contributed by atoms with Crippen molar-refractivity contribution in [1.29, 1.82) is 0 Å². The van der Waals surface area contributed by atoms with Crippen LogP contribution in [-0.2, 0) is 4.79 Å². The van der Waals surface area contributed by atoms with Crippen LogP contribution >= 0.6 is 0 Å². The Labute approximate surface area is 218 Å². The predicted octanol–water partition coefficient (Wildman–Crippen LogP) is 6.02. The van der Waals surface area contributed by atoms with Crippen LogP contribution in [0.2, 0.25) is 0 Å². The van der Waals surface area contributed by atoms with E-state index in [0.29, 0.717) is 22.5 Å². The zero-order chi connectivity index (χ0) is 26.3. The smallest absolute Gasteiger partial charge is 0.255 e. The third-order valence-corrected chi connectivity index (χ3v) is 6.11. The van der Waals surface area contributed by atoms with Gasteiger partial charge in [-0.1, -0.05) is 65.8 Å². The Kier molecular flexibility index (Phi) is 7.31. The maximum atomic E-state index is 13.9. The van der Waals surface area contributed by atoms with Crippen LogP contribution in [0.15, 0.2) is 120 Å². The lowest BCUT2D eigenvalue weighted by atomic mass is 9.78. The fourth-order valence-corrected chi connectivity index (χ4v) is 4.37. The van der Waals surface area contributed by atoms with Gasteiger partial charge in [0.05, 0.1) is 23.5 Å². The SMILES string of the molecule is O=C(Nc1cccnc1C(c1ccccc1)C(C(=O)Nc1ccno1)c1ccc(F)cc1)c1ccccc1. The van der Waals surface area contributed by atoms with Gasteiger partial charge in [0.2, 0.25) is 11.8 Å². The Morgan fingerprint density at radius 1 is 0.737 bits per heavy atom. The Hall–Kier alpha value is -5.11. The van der Waals surface area contributed by atoms with Crippen LogP contribution in [0.4, 0.5) is 16.0 Å². The second kappa shape index (κ2) is 11.3. The van der Waals surface area contributed by atoms with Gasteiger partial charge in [-0.2, -0.15) is 0 Å². The van der Waals surface area contributed by atoms with Gasteiger partial charge in [0.15, 0.2) is 0 Å². The molecule has 188 valence electrons. The van der Waals surface area contributed by atoms with E-state index in [1.807, 2.05) is 36.4 Å². The molecule has 2 atom stereocenters. The van der Waals surface area contributed by atoms with Crippen molar-refractivity contribution in [3.8, 4) is 0 Å². The zero-order valence-electron chi connectivity index (χ0n) is 20.1. The maximum Gasteiger partial charge on any atom is 0.255 e. The largest absolute Gasteiger partial charge is 0.338 e. The molecule has 2 amide bonds. The van der Waals surface area contributed by atoms with E-state index in [9.17, 15) is 14.0 Å². The molecule has 5 aromatic rings. The minimum Gasteiger partial charge on any atom is -0.338 e. The highest BCUT2D eigenvalue weighted by molar-refractivity contribution is 6.04. The van der Waals surface area contributed by atoms with Gasteiger partial charge in [-0.25, -0.2) is 4.39 Å². The molecule has 3 aromatic carbocycles. The summed E-state index contributed by atoms with van der Waals surface area (Å²) in [4.78, 5) is 31.5. The molecule has 0 radical (unpaired) electrons. The molecule has 38 heavy (non-hydrogen) atoms. The lowest BCUT2D eigenvalue weighted by Crippen LogP contribution is -2.28. The number of aromatic nitrogens is 2. The van der Waals surface area contributed by atoms with E-state index in [4.69, 9.17) is 4.52 Å². The van der Waals surface area contributed by atoms with Crippen molar-refractivity contribution < 1.29 is 18.5 Å². The van der Waals surface area contributed by atoms with Crippen LogP contribution in [0, 0.1) is 5.82 Å². The van der Waals surface area contributed by atoms with Gasteiger partial charge < -0.3 is 9.84 Å². The molecule has 0 bridgehead atoms. The van der Waals surface area contributed by atoms with E-state index in [2.05, 4.69) is 20.8 Å². The number of pyridine rings is 1. The molecule has 0 spiro atoms. The Balaban J connectivity index is 1.63. The summed E-state index contributed by atoms with van der Waals surface area (Å²) in [5.74, 6) is -2.49. The van der Waals surface area contributed by atoms with Crippen molar-refractivity contribution >= 4 is 23.4 Å². The van der Waals surface area contributed by atoms with Crippen LogP contribution in [0.3, 0.4) is 0 Å². The highest BCUT2D eigenvalue weighted by atomic mass is 19.1. The number of anilines is 2. The number of nitrogens with zero attached hydrogens (tertiary/aromatic N) is 2. The van der Waals surface area contributed by atoms with E-state index in [-0.39, 0.29) is 11.8 Å². The van der Waals surface area contributed by atoms with E-state index >= 15 is 0 Å². The normalized spacial score (nSPS) is 12.3. The van der Waals surface area contributed by atoms with Crippen molar-refractivity contribution in [3.05, 3.63) is 144 Å². The summed E-state index contributed by atoms with van der Waals surface area (Å²) in [6.45, 7) is 0. The van der Waals surface area contributed by atoms with Gasteiger partial charge in [-0.05, 0) is 47.5 Å². The number of carbonyl (C=O) groups is 2. The summed E-state index contributed by atoms with van der Waals surface area (Å²) in [7, 11) is 0. The van der Waals surface area contributed by atoms with Gasteiger partial charge in [0.1, 0.15) is 5.82 Å². The second-order valence-electron chi connectivity index (χ2n) is 8.54. The molecule has 0 aliphatic carbocycles. The van der Waals surface area contributed by atoms with E-state index in [1.165, 1.54) is 24.4 Å². The van der Waals surface area contributed by atoms with Crippen LogP contribution in [0.5, 0.6) is 0 Å². The van der Waals surface area contributed by atoms with Crippen LogP contribution in [0.25, 0.3) is 0 Å². The number of amides is 2. The molecule has 0 saturated heterocycles. The first-order chi connectivity index (χ1) is 18.6. The van der Waals surface area contributed by atoms with Gasteiger partial charge in [-0.3, -0.25) is 19.9 Å². The number of rotatable bonds is 8. The molecule has 2 unspecified atom stereocenters. The molecule has 0 fully saturated rings. The van der Waals surface area contributed by atoms with E-state index in [0.717, 1.165) is 5.56 Å². The van der Waals surface area contributed by atoms with Gasteiger partial charge in [-0.15, -0.1) is 0 Å². The van der Waals surface area contributed by atoms with Gasteiger partial charge in [0, 0.05) is 23.7 Å². The standard InChI is InChI=1S/C30H23FN4O3/c31-23-15-13-21(14-16-23)27(30(37)35-25-17-19-33-38-25)26(20-8-3-1-4-9-20)28-24(12-7-18-32-28)34-29(36)22-10-5-2-6-11-22/h1-19,26-27H,(H,34,36)(H,35,37). The number of benzene rings is 3. The van der Waals surface area contributed by atoms with Crippen LogP contribution in [0.1, 0.15) is 39.0 Å². The first kappa shape index (κ1) is 24.6. The summed E-state index contributed by atoms with van der Waals surface area (Å²) >= 11 is 0. The highest BCUT2D eigenvalue weighted by Gasteiger charge is 2.35. The predicted molar refractivity (Wildman–Crippen MR) is 141 cm³/mol. The van der Waals surface area contributed by atoms with Gasteiger partial charge >= 0.3 is 0 Å². The topological polar surface area (TPSA) is 97.1 Å². The lowest BCUT2D eigenvalue weighted by molar-refractivity contribution is -0.118. The quantitative estimate of drug-likeness (QED) is 0.268. The fourth-order valence-electron chi connectivity index (χ4n) is 4.37. The summed E-state index contributed by atoms with van der Waals surface area (Å²) in [5, 5.41) is 9.38. The molecule has 7 nitrogen and oxygen atoms in total. The van der Waals surface area contributed by atoms with E-state index in [1.54, 1.807) is 54.7 Å². The summed E-state index contributed by atoms with van der Waals surface area (Å²) < 4.78 is 19.0. The summed E-state index contributed by atoms with van der Waals surface area (Å²) in [6, 6.07) is 29.0. The fraction of sp³-hybridized carbons (Fsp3) is 0.0667. The zero-order valence-corrected chi connectivity index (χ0v) is 20.1. The van der Waals surface area contributed by atoms with E-state index < -0.39 is 23.6 Å². The van der Waals surface area contributed by atoms with Crippen molar-refractivity contribution in [2.75, 3.05) is 10.6 Å². The molecule has 8 heteroatoms. The Bertz CT molecular complexity index is 1510. The second-order valence-corrected chi connectivity index (χ2v) is 8.54. The number of halogens is 1. The third kappa shape index (κ3) is 5.49. The van der Waals surface area contributed by atoms with Crippen molar-refractivity contribution in [1.82, 2.24) is 10.1 Å². The third-order valence-electron chi connectivity index (χ3n) is 6.11. The molecule has 0 aliphatic rings. The Morgan fingerprint density at radius 2 is 1.45 bits per heavy atom. The molecule has 2 heterocycles. The average Bonchev–Trinajstić information content (AvgIpc) is 3.47. The monoisotopic (exact) mass is 506 g/mol. The molecule has 0 saturated carbocycles. The molecular weight excluding hydrogens is 483 g/mol. The molecule has 2 N–H and O–H groups in total. The number of hydrogen-bond acceptors (Lipinski definition) is 5. The number of carbonyl (C=O) groups excluding carboxylic acids is 2. The Morgan fingerprint density at radius 3 is 2.13 bits per heavy atom. The minimum atomic E-state index is -0.870.